The van der Waals surface area contributed by atoms with Crippen molar-refractivity contribution in [3.8, 4) is 11.5 Å². The van der Waals surface area contributed by atoms with Crippen molar-refractivity contribution >= 4 is 5.82 Å². The van der Waals surface area contributed by atoms with Crippen molar-refractivity contribution in [2.24, 2.45) is 0 Å². The van der Waals surface area contributed by atoms with Crippen LogP contribution in [0.3, 0.4) is 0 Å². The second-order valence-electron chi connectivity index (χ2n) is 6.76. The summed E-state index contributed by atoms with van der Waals surface area (Å²) in [5.41, 5.74) is 5.97. The van der Waals surface area contributed by atoms with E-state index in [4.69, 9.17) is 15.2 Å². The van der Waals surface area contributed by atoms with E-state index in [0.29, 0.717) is 24.8 Å². The third-order valence-corrected chi connectivity index (χ3v) is 4.40. The molecule has 0 saturated heterocycles. The number of rotatable bonds is 16. The number of nitrogen functional groups attached to an aromatic ring is 1. The van der Waals surface area contributed by atoms with Gasteiger partial charge >= 0.3 is 0 Å². The molecule has 144 valence electrons. The van der Waals surface area contributed by atoms with E-state index < -0.39 is 0 Å². The van der Waals surface area contributed by atoms with Crippen molar-refractivity contribution < 1.29 is 9.47 Å². The van der Waals surface area contributed by atoms with Crippen LogP contribution in [-0.4, -0.2) is 18.2 Å². The van der Waals surface area contributed by atoms with Gasteiger partial charge in [0, 0.05) is 12.3 Å². The lowest BCUT2D eigenvalue weighted by atomic mass is 10.1. The number of nitrogens with zero attached hydrogens (tertiary/aromatic N) is 1. The Morgan fingerprint density at radius 2 is 1.28 bits per heavy atom. The zero-order valence-corrected chi connectivity index (χ0v) is 16.4. The average Bonchev–Trinajstić information content (AvgIpc) is 2.62. The Labute approximate surface area is 154 Å². The predicted octanol–water partition coefficient (Wildman–Crippen LogP) is 6.14. The van der Waals surface area contributed by atoms with Gasteiger partial charge in [0.1, 0.15) is 0 Å². The molecule has 4 heteroatoms. The first kappa shape index (κ1) is 21.6. The first-order chi connectivity index (χ1) is 12.3. The van der Waals surface area contributed by atoms with E-state index in [2.05, 4.69) is 18.8 Å². The van der Waals surface area contributed by atoms with Gasteiger partial charge in [0.25, 0.3) is 0 Å². The quantitative estimate of drug-likeness (QED) is 0.364. The molecule has 0 aliphatic carbocycles. The highest BCUT2D eigenvalue weighted by Gasteiger charge is 2.10. The van der Waals surface area contributed by atoms with E-state index in [9.17, 15) is 0 Å². The molecule has 1 aromatic rings. The van der Waals surface area contributed by atoms with Gasteiger partial charge in [0.15, 0.2) is 11.6 Å². The first-order valence-electron chi connectivity index (χ1n) is 10.3. The number of nitrogens with two attached hydrogens (primary N) is 1. The molecule has 0 amide bonds. The maximum atomic E-state index is 5.97. The summed E-state index contributed by atoms with van der Waals surface area (Å²) in [6, 6.07) is 1.85. The number of anilines is 1. The number of aromatic nitrogens is 1. The van der Waals surface area contributed by atoms with Gasteiger partial charge in [-0.05, 0) is 12.8 Å². The lowest BCUT2D eigenvalue weighted by Crippen LogP contribution is -2.06. The predicted molar refractivity (Wildman–Crippen MR) is 106 cm³/mol. The molecule has 0 aliphatic heterocycles. The van der Waals surface area contributed by atoms with Gasteiger partial charge in [-0.3, -0.25) is 0 Å². The smallest absolute Gasteiger partial charge is 0.203 e. The first-order valence-corrected chi connectivity index (χ1v) is 10.3. The van der Waals surface area contributed by atoms with E-state index >= 15 is 0 Å². The van der Waals surface area contributed by atoms with Crippen LogP contribution in [0.4, 0.5) is 5.82 Å². The van der Waals surface area contributed by atoms with Gasteiger partial charge < -0.3 is 15.2 Å². The zero-order chi connectivity index (χ0) is 18.2. The molecule has 4 nitrogen and oxygen atoms in total. The van der Waals surface area contributed by atoms with E-state index in [1.165, 1.54) is 64.2 Å². The molecule has 25 heavy (non-hydrogen) atoms. The summed E-state index contributed by atoms with van der Waals surface area (Å²) >= 11 is 0. The third kappa shape index (κ3) is 10.2. The lowest BCUT2D eigenvalue weighted by molar-refractivity contribution is 0.258. The van der Waals surface area contributed by atoms with E-state index in [-0.39, 0.29) is 0 Å². The van der Waals surface area contributed by atoms with Gasteiger partial charge in [-0.2, -0.15) is 0 Å². The lowest BCUT2D eigenvalue weighted by Gasteiger charge is -2.14. The van der Waals surface area contributed by atoms with Crippen LogP contribution in [0.2, 0.25) is 0 Å². The van der Waals surface area contributed by atoms with Gasteiger partial charge in [0.05, 0.1) is 13.2 Å². The standard InChI is InChI=1S/C21H38N2O2/c1-3-5-7-9-11-13-17-24-19-15-16-23-21(22)20(19)25-18-14-12-10-8-6-4-2/h15-16H,3-14,17-18H2,1-2H3,(H2,22,23). The maximum absolute atomic E-state index is 5.97. The van der Waals surface area contributed by atoms with Crippen LogP contribution in [0, 0.1) is 0 Å². The number of hydrogen-bond acceptors (Lipinski definition) is 4. The van der Waals surface area contributed by atoms with Crippen LogP contribution >= 0.6 is 0 Å². The van der Waals surface area contributed by atoms with Crippen LogP contribution < -0.4 is 15.2 Å². The number of unbranched alkanes of at least 4 members (excludes halogenated alkanes) is 10. The SMILES string of the molecule is CCCCCCCCOc1ccnc(N)c1OCCCCCCCC. The second-order valence-corrected chi connectivity index (χ2v) is 6.76. The van der Waals surface area contributed by atoms with Crippen LogP contribution in [0.1, 0.15) is 90.9 Å². The monoisotopic (exact) mass is 350 g/mol. The van der Waals surface area contributed by atoms with E-state index in [0.717, 1.165) is 18.6 Å². The number of hydrogen-bond donors (Lipinski definition) is 1. The number of ether oxygens (including phenoxy) is 2. The molecule has 0 radical (unpaired) electrons. The molecule has 0 saturated carbocycles. The summed E-state index contributed by atoms with van der Waals surface area (Å²) < 4.78 is 11.8. The van der Waals surface area contributed by atoms with Gasteiger partial charge in [-0.25, -0.2) is 4.98 Å². The minimum Gasteiger partial charge on any atom is -0.489 e. The molecule has 1 heterocycles. The van der Waals surface area contributed by atoms with E-state index in [1.807, 2.05) is 6.07 Å². The second kappa shape index (κ2) is 14.9. The Morgan fingerprint density at radius 3 is 1.88 bits per heavy atom. The fourth-order valence-electron chi connectivity index (χ4n) is 2.83. The molecular formula is C21H38N2O2. The Kier molecular flexibility index (Phi) is 12.8. The summed E-state index contributed by atoms with van der Waals surface area (Å²) in [6.45, 7) is 5.86. The van der Waals surface area contributed by atoms with Crippen molar-refractivity contribution in [2.45, 2.75) is 90.9 Å². The summed E-state index contributed by atoms with van der Waals surface area (Å²) in [6.07, 6.45) is 16.7. The fraction of sp³-hybridized carbons (Fsp3) is 0.762. The molecule has 0 aliphatic rings. The Hall–Kier alpha value is -1.45. The molecule has 1 aromatic heterocycles. The molecule has 0 aromatic carbocycles. The normalized spacial score (nSPS) is 10.8. The molecule has 0 spiro atoms. The third-order valence-electron chi connectivity index (χ3n) is 4.40. The molecule has 2 N–H and O–H groups in total. The van der Waals surface area contributed by atoms with Crippen LogP contribution in [0.25, 0.3) is 0 Å². The summed E-state index contributed by atoms with van der Waals surface area (Å²) in [5, 5.41) is 0. The maximum Gasteiger partial charge on any atom is 0.203 e. The van der Waals surface area contributed by atoms with Crippen molar-refractivity contribution in [2.75, 3.05) is 18.9 Å². The van der Waals surface area contributed by atoms with Gasteiger partial charge in [0.2, 0.25) is 5.75 Å². The minimum absolute atomic E-state index is 0.423. The van der Waals surface area contributed by atoms with Crippen molar-refractivity contribution in [1.29, 1.82) is 0 Å². The summed E-state index contributed by atoms with van der Waals surface area (Å²) in [7, 11) is 0. The van der Waals surface area contributed by atoms with Crippen molar-refractivity contribution in [3.05, 3.63) is 12.3 Å². The minimum atomic E-state index is 0.423. The molecular weight excluding hydrogens is 312 g/mol. The molecule has 0 atom stereocenters. The highest BCUT2D eigenvalue weighted by molar-refractivity contribution is 5.54. The van der Waals surface area contributed by atoms with Gasteiger partial charge in [-0.15, -0.1) is 0 Å². The highest BCUT2D eigenvalue weighted by Crippen LogP contribution is 2.32. The molecule has 1 rings (SSSR count). The van der Waals surface area contributed by atoms with Crippen molar-refractivity contribution in [3.63, 3.8) is 0 Å². The average molecular weight is 351 g/mol. The van der Waals surface area contributed by atoms with Crippen LogP contribution in [0.15, 0.2) is 12.3 Å². The Bertz CT molecular complexity index is 438. The van der Waals surface area contributed by atoms with E-state index in [1.54, 1.807) is 6.20 Å². The zero-order valence-electron chi connectivity index (χ0n) is 16.4. The highest BCUT2D eigenvalue weighted by atomic mass is 16.5. The fourth-order valence-corrected chi connectivity index (χ4v) is 2.83. The number of pyridine rings is 1. The molecule has 0 fully saturated rings. The Morgan fingerprint density at radius 1 is 0.760 bits per heavy atom. The topological polar surface area (TPSA) is 57.4 Å². The largest absolute Gasteiger partial charge is 0.489 e. The van der Waals surface area contributed by atoms with Crippen molar-refractivity contribution in [1.82, 2.24) is 4.98 Å². The summed E-state index contributed by atoms with van der Waals surface area (Å²) in [4.78, 5) is 4.13. The molecule has 0 bridgehead atoms. The molecule has 0 unspecified atom stereocenters. The summed E-state index contributed by atoms with van der Waals surface area (Å²) in [5.74, 6) is 1.76. The Balaban J connectivity index is 2.26. The van der Waals surface area contributed by atoms with Gasteiger partial charge in [-0.1, -0.05) is 78.1 Å². The van der Waals surface area contributed by atoms with Crippen LogP contribution in [-0.2, 0) is 0 Å². The van der Waals surface area contributed by atoms with Crippen LogP contribution in [0.5, 0.6) is 11.5 Å².